The van der Waals surface area contributed by atoms with Gasteiger partial charge in [-0.1, -0.05) is 35.0 Å². The van der Waals surface area contributed by atoms with Gasteiger partial charge in [0.2, 0.25) is 0 Å². The van der Waals surface area contributed by atoms with Gasteiger partial charge in [-0.3, -0.25) is 4.99 Å². The minimum atomic E-state index is -0.125. The van der Waals surface area contributed by atoms with E-state index in [1.54, 1.807) is 0 Å². The molecule has 0 spiro atoms. The second kappa shape index (κ2) is 4.92. The average Bonchev–Trinajstić information content (AvgIpc) is 2.66. The largest absolute Gasteiger partial charge is 0.370 e. The zero-order chi connectivity index (χ0) is 13.3. The Morgan fingerprint density at radius 1 is 1.44 bits per heavy atom. The van der Waals surface area contributed by atoms with Gasteiger partial charge in [0, 0.05) is 10.5 Å². The molecule has 18 heavy (non-hydrogen) atoms. The predicted molar refractivity (Wildman–Crippen MR) is 79.6 cm³/mol. The molecule has 1 aromatic rings. The van der Waals surface area contributed by atoms with Crippen molar-refractivity contribution < 1.29 is 0 Å². The SMILES string of the molecule is CCC(C)N1C(N)=NCC1(C)c1ccc(Br)cc1. The number of hydrogen-bond acceptors (Lipinski definition) is 3. The second-order valence-corrected chi connectivity index (χ2v) is 6.00. The fraction of sp³-hybridized carbons (Fsp3) is 0.500. The Bertz CT molecular complexity index is 455. The monoisotopic (exact) mass is 309 g/mol. The minimum Gasteiger partial charge on any atom is -0.370 e. The lowest BCUT2D eigenvalue weighted by molar-refractivity contribution is 0.171. The van der Waals surface area contributed by atoms with Crippen molar-refractivity contribution in [3.8, 4) is 0 Å². The van der Waals surface area contributed by atoms with Gasteiger partial charge in [0.15, 0.2) is 5.96 Å². The van der Waals surface area contributed by atoms with Gasteiger partial charge in [0.1, 0.15) is 0 Å². The fourth-order valence-electron chi connectivity index (χ4n) is 2.57. The third-order valence-corrected chi connectivity index (χ3v) is 4.35. The van der Waals surface area contributed by atoms with Crippen LogP contribution < -0.4 is 5.73 Å². The Morgan fingerprint density at radius 3 is 2.61 bits per heavy atom. The first-order chi connectivity index (χ1) is 8.49. The Kier molecular flexibility index (Phi) is 3.66. The van der Waals surface area contributed by atoms with Crippen LogP contribution in [0.3, 0.4) is 0 Å². The van der Waals surface area contributed by atoms with E-state index in [4.69, 9.17) is 5.73 Å². The Morgan fingerprint density at radius 2 is 2.06 bits per heavy atom. The molecule has 0 saturated carbocycles. The lowest BCUT2D eigenvalue weighted by atomic mass is 9.89. The first-order valence-corrected chi connectivity index (χ1v) is 7.13. The molecule has 2 unspecified atom stereocenters. The van der Waals surface area contributed by atoms with Crippen LogP contribution in [0.15, 0.2) is 33.7 Å². The van der Waals surface area contributed by atoms with E-state index in [0.29, 0.717) is 12.0 Å². The van der Waals surface area contributed by atoms with E-state index in [1.807, 2.05) is 0 Å². The van der Waals surface area contributed by atoms with Crippen molar-refractivity contribution in [2.45, 2.75) is 38.8 Å². The quantitative estimate of drug-likeness (QED) is 0.932. The summed E-state index contributed by atoms with van der Waals surface area (Å²) in [5.74, 6) is 0.662. The molecule has 2 N–H and O–H groups in total. The van der Waals surface area contributed by atoms with Crippen LogP contribution >= 0.6 is 15.9 Å². The summed E-state index contributed by atoms with van der Waals surface area (Å²) in [6, 6.07) is 8.83. The number of rotatable bonds is 3. The summed E-state index contributed by atoms with van der Waals surface area (Å²) in [7, 11) is 0. The number of benzene rings is 1. The summed E-state index contributed by atoms with van der Waals surface area (Å²) in [5.41, 5.74) is 7.20. The lowest BCUT2D eigenvalue weighted by Gasteiger charge is -2.40. The van der Waals surface area contributed by atoms with Crippen LogP contribution in [0.4, 0.5) is 0 Å². The zero-order valence-electron chi connectivity index (χ0n) is 11.2. The molecule has 0 saturated heterocycles. The third-order valence-electron chi connectivity index (χ3n) is 3.83. The van der Waals surface area contributed by atoms with Crippen molar-refractivity contribution in [1.82, 2.24) is 4.90 Å². The van der Waals surface area contributed by atoms with Crippen LogP contribution in [0.2, 0.25) is 0 Å². The lowest BCUT2D eigenvalue weighted by Crippen LogP contribution is -2.51. The number of halogens is 1. The van der Waals surface area contributed by atoms with E-state index in [9.17, 15) is 0 Å². The molecular weight excluding hydrogens is 290 g/mol. The van der Waals surface area contributed by atoms with Crippen LogP contribution in [-0.2, 0) is 5.54 Å². The molecule has 98 valence electrons. The summed E-state index contributed by atoms with van der Waals surface area (Å²) >= 11 is 3.47. The molecule has 0 radical (unpaired) electrons. The standard InChI is InChI=1S/C14H20BrN3/c1-4-10(2)18-13(16)17-9-14(18,3)11-5-7-12(15)8-6-11/h5-8,10H,4,9H2,1-3H3,(H2,16,17). The van der Waals surface area contributed by atoms with Crippen LogP contribution in [0.5, 0.6) is 0 Å². The van der Waals surface area contributed by atoms with Gasteiger partial charge in [-0.15, -0.1) is 0 Å². The smallest absolute Gasteiger partial charge is 0.192 e. The Balaban J connectivity index is 2.38. The van der Waals surface area contributed by atoms with Gasteiger partial charge in [-0.2, -0.15) is 0 Å². The maximum absolute atomic E-state index is 6.06. The van der Waals surface area contributed by atoms with E-state index < -0.39 is 0 Å². The zero-order valence-corrected chi connectivity index (χ0v) is 12.7. The molecule has 1 heterocycles. The van der Waals surface area contributed by atoms with Crippen LogP contribution in [0.25, 0.3) is 0 Å². The summed E-state index contributed by atoms with van der Waals surface area (Å²) in [6.45, 7) is 7.32. The number of guanidine groups is 1. The van der Waals surface area contributed by atoms with Gasteiger partial charge in [0.05, 0.1) is 12.1 Å². The third kappa shape index (κ3) is 2.14. The molecule has 0 aromatic heterocycles. The molecule has 0 fully saturated rings. The topological polar surface area (TPSA) is 41.6 Å². The van der Waals surface area contributed by atoms with Crippen molar-refractivity contribution >= 4 is 21.9 Å². The molecular formula is C14H20BrN3. The summed E-state index contributed by atoms with van der Waals surface area (Å²) < 4.78 is 1.09. The minimum absolute atomic E-state index is 0.125. The van der Waals surface area contributed by atoms with Crippen LogP contribution in [-0.4, -0.2) is 23.4 Å². The maximum atomic E-state index is 6.06. The van der Waals surface area contributed by atoms with Crippen molar-refractivity contribution in [1.29, 1.82) is 0 Å². The first kappa shape index (κ1) is 13.4. The highest BCUT2D eigenvalue weighted by Gasteiger charge is 2.41. The van der Waals surface area contributed by atoms with Gasteiger partial charge in [-0.25, -0.2) is 0 Å². The molecule has 3 nitrogen and oxygen atoms in total. The molecule has 1 aromatic carbocycles. The van der Waals surface area contributed by atoms with E-state index in [1.165, 1.54) is 5.56 Å². The Labute approximate surface area is 117 Å². The summed E-state index contributed by atoms with van der Waals surface area (Å²) in [5, 5.41) is 0. The highest BCUT2D eigenvalue weighted by Crippen LogP contribution is 2.35. The number of hydrogen-bond donors (Lipinski definition) is 1. The number of nitrogens with zero attached hydrogens (tertiary/aromatic N) is 2. The molecule has 4 heteroatoms. The molecule has 1 aliphatic heterocycles. The summed E-state index contributed by atoms with van der Waals surface area (Å²) in [4.78, 5) is 6.69. The van der Waals surface area contributed by atoms with Crippen molar-refractivity contribution in [3.05, 3.63) is 34.3 Å². The van der Waals surface area contributed by atoms with Crippen LogP contribution in [0.1, 0.15) is 32.8 Å². The van der Waals surface area contributed by atoms with Gasteiger partial charge in [0.25, 0.3) is 0 Å². The molecule has 0 amide bonds. The van der Waals surface area contributed by atoms with Crippen molar-refractivity contribution in [3.63, 3.8) is 0 Å². The predicted octanol–water partition coefficient (Wildman–Crippen LogP) is 3.09. The maximum Gasteiger partial charge on any atom is 0.192 e. The van der Waals surface area contributed by atoms with Crippen molar-refractivity contribution in [2.24, 2.45) is 10.7 Å². The molecule has 0 aliphatic carbocycles. The normalized spacial score (nSPS) is 25.1. The van der Waals surface area contributed by atoms with E-state index >= 15 is 0 Å². The number of aliphatic imine (C=N–C) groups is 1. The molecule has 2 atom stereocenters. The van der Waals surface area contributed by atoms with Gasteiger partial charge >= 0.3 is 0 Å². The fourth-order valence-corrected chi connectivity index (χ4v) is 2.84. The molecule has 0 bridgehead atoms. The molecule has 1 aliphatic rings. The average molecular weight is 310 g/mol. The van der Waals surface area contributed by atoms with E-state index in [-0.39, 0.29) is 5.54 Å². The molecule has 2 rings (SSSR count). The van der Waals surface area contributed by atoms with E-state index in [2.05, 4.69) is 70.9 Å². The highest BCUT2D eigenvalue weighted by molar-refractivity contribution is 9.10. The summed E-state index contributed by atoms with van der Waals surface area (Å²) in [6.07, 6.45) is 1.06. The van der Waals surface area contributed by atoms with Crippen LogP contribution in [0, 0.1) is 0 Å². The Hall–Kier alpha value is -1.03. The van der Waals surface area contributed by atoms with Gasteiger partial charge < -0.3 is 10.6 Å². The second-order valence-electron chi connectivity index (χ2n) is 5.08. The highest BCUT2D eigenvalue weighted by atomic mass is 79.9. The van der Waals surface area contributed by atoms with Gasteiger partial charge in [-0.05, 0) is 38.0 Å². The van der Waals surface area contributed by atoms with Crippen molar-refractivity contribution in [2.75, 3.05) is 6.54 Å². The first-order valence-electron chi connectivity index (χ1n) is 6.34. The van der Waals surface area contributed by atoms with E-state index in [0.717, 1.165) is 17.4 Å². The number of nitrogens with two attached hydrogens (primary N) is 1.